The van der Waals surface area contributed by atoms with E-state index < -0.39 is 0 Å². The number of rotatable bonds is 3. The number of methoxy groups -OCH3 is 1. The number of phenolic OH excluding ortho intramolecular Hbond substituents is 1. The fourth-order valence-corrected chi connectivity index (χ4v) is 2.38. The highest BCUT2D eigenvalue weighted by molar-refractivity contribution is 5.96. The van der Waals surface area contributed by atoms with Crippen LogP contribution in [0.2, 0.25) is 0 Å². The summed E-state index contributed by atoms with van der Waals surface area (Å²) in [6, 6.07) is 13.4. The molecule has 1 aromatic heterocycles. The second-order valence-corrected chi connectivity index (χ2v) is 4.73. The number of aromatic hydroxyl groups is 1. The van der Waals surface area contributed by atoms with Crippen LogP contribution >= 0.6 is 0 Å². The van der Waals surface area contributed by atoms with Crippen molar-refractivity contribution in [3.05, 3.63) is 48.7 Å². The van der Waals surface area contributed by atoms with Gasteiger partial charge in [-0.05, 0) is 35.7 Å². The fourth-order valence-electron chi connectivity index (χ4n) is 2.38. The minimum Gasteiger partial charge on any atom is -0.504 e. The van der Waals surface area contributed by atoms with Crippen LogP contribution in [0.4, 0.5) is 5.69 Å². The highest BCUT2D eigenvalue weighted by atomic mass is 16.5. The van der Waals surface area contributed by atoms with Crippen molar-refractivity contribution in [2.75, 3.05) is 19.5 Å². The molecule has 0 atom stereocenters. The van der Waals surface area contributed by atoms with Crippen LogP contribution in [0.15, 0.2) is 48.7 Å². The maximum atomic E-state index is 10.00. The maximum absolute atomic E-state index is 10.00. The summed E-state index contributed by atoms with van der Waals surface area (Å²) in [5, 5.41) is 15.0. The Bertz CT molecular complexity index is 783. The zero-order valence-corrected chi connectivity index (χ0v) is 11.9. The number of pyridine rings is 1. The predicted molar refractivity (Wildman–Crippen MR) is 84.9 cm³/mol. The molecule has 0 unspecified atom stereocenters. The summed E-state index contributed by atoms with van der Waals surface area (Å²) in [7, 11) is 3.43. The number of fused-ring (bicyclic) bond motifs is 1. The molecule has 0 spiro atoms. The highest BCUT2D eigenvalue weighted by Crippen LogP contribution is 2.35. The molecule has 2 N–H and O–H groups in total. The Balaban J connectivity index is 2.19. The van der Waals surface area contributed by atoms with Gasteiger partial charge in [-0.3, -0.25) is 4.98 Å². The Morgan fingerprint density at radius 1 is 1.10 bits per heavy atom. The molecule has 0 aliphatic heterocycles. The summed E-state index contributed by atoms with van der Waals surface area (Å²) in [5.74, 6) is 0.580. The molecule has 3 aromatic rings. The number of aromatic nitrogens is 1. The molecule has 1 heterocycles. The van der Waals surface area contributed by atoms with E-state index in [1.54, 1.807) is 19.4 Å². The van der Waals surface area contributed by atoms with Gasteiger partial charge in [0.15, 0.2) is 11.5 Å². The zero-order chi connectivity index (χ0) is 14.8. The quantitative estimate of drug-likeness (QED) is 0.768. The van der Waals surface area contributed by atoms with E-state index in [-0.39, 0.29) is 5.75 Å². The normalized spacial score (nSPS) is 10.6. The predicted octanol–water partition coefficient (Wildman–Crippen LogP) is 3.66. The number of nitrogens with zero attached hydrogens (tertiary/aromatic N) is 1. The lowest BCUT2D eigenvalue weighted by molar-refractivity contribution is 0.374. The molecular weight excluding hydrogens is 264 g/mol. The number of ether oxygens (including phenoxy) is 1. The lowest BCUT2D eigenvalue weighted by Crippen LogP contribution is -1.90. The highest BCUT2D eigenvalue weighted by Gasteiger charge is 2.10. The molecule has 3 rings (SSSR count). The van der Waals surface area contributed by atoms with Crippen molar-refractivity contribution < 1.29 is 9.84 Å². The van der Waals surface area contributed by atoms with E-state index in [0.29, 0.717) is 5.75 Å². The van der Waals surface area contributed by atoms with Crippen LogP contribution < -0.4 is 10.1 Å². The van der Waals surface area contributed by atoms with Gasteiger partial charge < -0.3 is 15.2 Å². The molecular formula is C17H16N2O2. The standard InChI is InChI=1S/C17H16N2O2/c1-18-13-5-3-11(4-6-13)17-14-10-15(20)16(21-2)9-12(14)7-8-19-17/h3-10,18,20H,1-2H3. The molecule has 2 aromatic carbocycles. The Hall–Kier alpha value is -2.75. The third-order valence-electron chi connectivity index (χ3n) is 3.51. The van der Waals surface area contributed by atoms with Gasteiger partial charge in [0.25, 0.3) is 0 Å². The van der Waals surface area contributed by atoms with Crippen molar-refractivity contribution in [1.82, 2.24) is 4.98 Å². The molecule has 106 valence electrons. The lowest BCUT2D eigenvalue weighted by Gasteiger charge is -2.10. The van der Waals surface area contributed by atoms with Gasteiger partial charge >= 0.3 is 0 Å². The average Bonchev–Trinajstić information content (AvgIpc) is 2.54. The average molecular weight is 280 g/mol. The van der Waals surface area contributed by atoms with Crippen molar-refractivity contribution in [1.29, 1.82) is 0 Å². The number of phenols is 1. The summed E-state index contributed by atoms with van der Waals surface area (Å²) < 4.78 is 5.15. The molecule has 0 saturated heterocycles. The smallest absolute Gasteiger partial charge is 0.161 e. The van der Waals surface area contributed by atoms with Crippen molar-refractivity contribution in [3.8, 4) is 22.8 Å². The van der Waals surface area contributed by atoms with E-state index in [0.717, 1.165) is 27.7 Å². The number of benzene rings is 2. The van der Waals surface area contributed by atoms with Crippen LogP contribution in [0.3, 0.4) is 0 Å². The molecule has 21 heavy (non-hydrogen) atoms. The molecule has 0 aliphatic rings. The van der Waals surface area contributed by atoms with Gasteiger partial charge in [-0.2, -0.15) is 0 Å². The minimum atomic E-state index is 0.117. The molecule has 0 saturated carbocycles. The molecule has 4 heteroatoms. The molecule has 0 aliphatic carbocycles. The van der Waals surface area contributed by atoms with Crippen molar-refractivity contribution in [2.45, 2.75) is 0 Å². The van der Waals surface area contributed by atoms with Gasteiger partial charge in [0, 0.05) is 29.9 Å². The van der Waals surface area contributed by atoms with Crippen LogP contribution in [0, 0.1) is 0 Å². The van der Waals surface area contributed by atoms with Crippen LogP contribution in [-0.2, 0) is 0 Å². The first kappa shape index (κ1) is 13.2. The van der Waals surface area contributed by atoms with E-state index in [9.17, 15) is 5.11 Å². The second-order valence-electron chi connectivity index (χ2n) is 4.73. The van der Waals surface area contributed by atoms with Crippen LogP contribution in [0.25, 0.3) is 22.0 Å². The van der Waals surface area contributed by atoms with Crippen LogP contribution in [-0.4, -0.2) is 24.2 Å². The van der Waals surface area contributed by atoms with Crippen molar-refractivity contribution in [2.24, 2.45) is 0 Å². The van der Waals surface area contributed by atoms with Gasteiger partial charge in [-0.25, -0.2) is 0 Å². The van der Waals surface area contributed by atoms with E-state index in [1.807, 2.05) is 43.4 Å². The molecule has 4 nitrogen and oxygen atoms in total. The Morgan fingerprint density at radius 2 is 1.86 bits per heavy atom. The number of anilines is 1. The summed E-state index contributed by atoms with van der Waals surface area (Å²) in [6.45, 7) is 0. The minimum absolute atomic E-state index is 0.117. The second kappa shape index (κ2) is 5.32. The first-order valence-electron chi connectivity index (χ1n) is 6.67. The SMILES string of the molecule is CNc1ccc(-c2nccc3cc(OC)c(O)cc23)cc1. The molecule has 0 amide bonds. The molecule has 0 fully saturated rings. The van der Waals surface area contributed by atoms with Gasteiger partial charge in [0.05, 0.1) is 12.8 Å². The third kappa shape index (κ3) is 2.36. The number of hydrogen-bond acceptors (Lipinski definition) is 4. The van der Waals surface area contributed by atoms with E-state index >= 15 is 0 Å². The molecule has 0 radical (unpaired) electrons. The summed E-state index contributed by atoms with van der Waals surface area (Å²) in [5.41, 5.74) is 2.89. The van der Waals surface area contributed by atoms with Crippen molar-refractivity contribution >= 4 is 16.5 Å². The third-order valence-corrected chi connectivity index (χ3v) is 3.51. The summed E-state index contributed by atoms with van der Waals surface area (Å²) in [4.78, 5) is 4.46. The fraction of sp³-hybridized carbons (Fsp3) is 0.118. The van der Waals surface area contributed by atoms with E-state index in [2.05, 4.69) is 10.3 Å². The number of hydrogen-bond donors (Lipinski definition) is 2. The monoisotopic (exact) mass is 280 g/mol. The van der Waals surface area contributed by atoms with Gasteiger partial charge in [-0.15, -0.1) is 0 Å². The van der Waals surface area contributed by atoms with Crippen LogP contribution in [0.1, 0.15) is 0 Å². The summed E-state index contributed by atoms with van der Waals surface area (Å²) in [6.07, 6.45) is 1.76. The largest absolute Gasteiger partial charge is 0.504 e. The first-order valence-corrected chi connectivity index (χ1v) is 6.67. The lowest BCUT2D eigenvalue weighted by atomic mass is 10.0. The van der Waals surface area contributed by atoms with Gasteiger partial charge in [0.2, 0.25) is 0 Å². The molecule has 0 bridgehead atoms. The maximum Gasteiger partial charge on any atom is 0.161 e. The Labute approximate surface area is 123 Å². The van der Waals surface area contributed by atoms with E-state index in [4.69, 9.17) is 4.74 Å². The van der Waals surface area contributed by atoms with E-state index in [1.165, 1.54) is 0 Å². The topological polar surface area (TPSA) is 54.4 Å². The Morgan fingerprint density at radius 3 is 2.52 bits per heavy atom. The summed E-state index contributed by atoms with van der Waals surface area (Å²) >= 11 is 0. The number of nitrogens with one attached hydrogen (secondary N) is 1. The zero-order valence-electron chi connectivity index (χ0n) is 11.9. The first-order chi connectivity index (χ1) is 10.2. The van der Waals surface area contributed by atoms with Crippen molar-refractivity contribution in [3.63, 3.8) is 0 Å². The van der Waals surface area contributed by atoms with Crippen LogP contribution in [0.5, 0.6) is 11.5 Å². The van der Waals surface area contributed by atoms with Gasteiger partial charge in [-0.1, -0.05) is 12.1 Å². The van der Waals surface area contributed by atoms with Gasteiger partial charge in [0.1, 0.15) is 0 Å². The Kier molecular flexibility index (Phi) is 3.36.